The summed E-state index contributed by atoms with van der Waals surface area (Å²) >= 11 is 0. The van der Waals surface area contributed by atoms with Crippen molar-refractivity contribution in [1.82, 2.24) is 4.90 Å². The fourth-order valence-electron chi connectivity index (χ4n) is 3.11. The summed E-state index contributed by atoms with van der Waals surface area (Å²) in [5, 5.41) is 0. The van der Waals surface area contributed by atoms with Crippen LogP contribution in [0.5, 0.6) is 5.75 Å². The smallest absolute Gasteiger partial charge is 0.263 e. The molecule has 1 saturated heterocycles. The van der Waals surface area contributed by atoms with Crippen LogP contribution < -0.4 is 10.5 Å². The molecule has 2 N–H and O–H groups in total. The number of halogens is 2. The number of carbonyl (C=O) groups excluding carboxylic acids is 1. The molecule has 0 aliphatic carbocycles. The maximum absolute atomic E-state index is 13.2. The third-order valence-electron chi connectivity index (χ3n) is 4.36. The van der Waals surface area contributed by atoms with E-state index in [0.29, 0.717) is 18.8 Å². The van der Waals surface area contributed by atoms with E-state index in [2.05, 4.69) is 0 Å². The number of ether oxygens (including phenoxy) is 1. The summed E-state index contributed by atoms with van der Waals surface area (Å²) in [6.45, 7) is 2.74. The van der Waals surface area contributed by atoms with Crippen molar-refractivity contribution in [3.8, 4) is 5.75 Å². The number of nitrogens with two attached hydrogens (primary N) is 1. The zero-order valence-electron chi connectivity index (χ0n) is 14.0. The maximum Gasteiger partial charge on any atom is 0.263 e. The first-order chi connectivity index (χ1) is 11.5. The SMILES string of the molecule is CC(Oc1cccc(F)c1)C(=O)N1C[C@@H](N)[C@H](c2ccccc2)C1.Cl. The molecule has 1 amide bonds. The number of amides is 1. The molecule has 25 heavy (non-hydrogen) atoms. The van der Waals surface area contributed by atoms with Gasteiger partial charge >= 0.3 is 0 Å². The zero-order valence-corrected chi connectivity index (χ0v) is 14.8. The normalized spacial score (nSPS) is 20.7. The summed E-state index contributed by atoms with van der Waals surface area (Å²) in [4.78, 5) is 14.3. The molecule has 2 aromatic carbocycles. The highest BCUT2D eigenvalue weighted by Crippen LogP contribution is 2.27. The molecular formula is C19H22ClFN2O2. The molecule has 4 nitrogen and oxygen atoms in total. The van der Waals surface area contributed by atoms with Gasteiger partial charge in [0.1, 0.15) is 11.6 Å². The lowest BCUT2D eigenvalue weighted by Gasteiger charge is -2.21. The van der Waals surface area contributed by atoms with Gasteiger partial charge in [0.15, 0.2) is 6.10 Å². The Morgan fingerprint density at radius 3 is 2.60 bits per heavy atom. The minimum atomic E-state index is -0.687. The Hall–Kier alpha value is -2.11. The summed E-state index contributed by atoms with van der Waals surface area (Å²) in [5.41, 5.74) is 7.37. The fraction of sp³-hybridized carbons (Fsp3) is 0.316. The van der Waals surface area contributed by atoms with Crippen LogP contribution in [-0.2, 0) is 4.79 Å². The van der Waals surface area contributed by atoms with Gasteiger partial charge in [0, 0.05) is 31.1 Å². The molecule has 0 spiro atoms. The van der Waals surface area contributed by atoms with Gasteiger partial charge in [-0.2, -0.15) is 0 Å². The average molecular weight is 365 g/mol. The number of hydrogen-bond acceptors (Lipinski definition) is 3. The van der Waals surface area contributed by atoms with Crippen molar-refractivity contribution in [3.05, 3.63) is 66.0 Å². The van der Waals surface area contributed by atoms with E-state index in [0.717, 1.165) is 5.56 Å². The van der Waals surface area contributed by atoms with Gasteiger partial charge in [-0.15, -0.1) is 12.4 Å². The molecule has 1 aliphatic heterocycles. The van der Waals surface area contributed by atoms with E-state index in [-0.39, 0.29) is 36.1 Å². The molecular weight excluding hydrogens is 343 g/mol. The number of likely N-dealkylation sites (tertiary alicyclic amines) is 1. The van der Waals surface area contributed by atoms with E-state index in [4.69, 9.17) is 10.5 Å². The summed E-state index contributed by atoms with van der Waals surface area (Å²) in [5.74, 6) is -0.0527. The molecule has 1 heterocycles. The van der Waals surface area contributed by atoms with E-state index in [1.54, 1.807) is 24.0 Å². The second-order valence-corrected chi connectivity index (χ2v) is 6.14. The van der Waals surface area contributed by atoms with Crippen molar-refractivity contribution in [3.63, 3.8) is 0 Å². The predicted molar refractivity (Wildman–Crippen MR) is 97.5 cm³/mol. The van der Waals surface area contributed by atoms with Crippen LogP contribution in [0, 0.1) is 5.82 Å². The molecule has 3 atom stereocenters. The van der Waals surface area contributed by atoms with Gasteiger partial charge in [-0.25, -0.2) is 4.39 Å². The van der Waals surface area contributed by atoms with Crippen LogP contribution in [0.15, 0.2) is 54.6 Å². The average Bonchev–Trinajstić information content (AvgIpc) is 2.96. The van der Waals surface area contributed by atoms with Crippen molar-refractivity contribution in [2.24, 2.45) is 5.73 Å². The summed E-state index contributed by atoms with van der Waals surface area (Å²) < 4.78 is 18.8. The fourth-order valence-corrected chi connectivity index (χ4v) is 3.11. The van der Waals surface area contributed by atoms with Gasteiger partial charge in [-0.1, -0.05) is 36.4 Å². The molecule has 1 fully saturated rings. The molecule has 3 rings (SSSR count). The quantitative estimate of drug-likeness (QED) is 0.907. The van der Waals surface area contributed by atoms with Crippen LogP contribution >= 0.6 is 12.4 Å². The molecule has 2 aromatic rings. The van der Waals surface area contributed by atoms with Crippen LogP contribution in [0.3, 0.4) is 0 Å². The van der Waals surface area contributed by atoms with Crippen molar-refractivity contribution in [2.75, 3.05) is 13.1 Å². The Kier molecular flexibility index (Phi) is 6.39. The van der Waals surface area contributed by atoms with E-state index in [1.165, 1.54) is 12.1 Å². The number of hydrogen-bond donors (Lipinski definition) is 1. The Balaban J connectivity index is 0.00000225. The molecule has 134 valence electrons. The molecule has 0 radical (unpaired) electrons. The predicted octanol–water partition coefficient (Wildman–Crippen LogP) is 2.97. The van der Waals surface area contributed by atoms with E-state index >= 15 is 0 Å². The second-order valence-electron chi connectivity index (χ2n) is 6.14. The Morgan fingerprint density at radius 2 is 1.92 bits per heavy atom. The number of rotatable bonds is 4. The Bertz CT molecular complexity index is 714. The monoisotopic (exact) mass is 364 g/mol. The first kappa shape index (κ1) is 19.2. The minimum Gasteiger partial charge on any atom is -0.481 e. The summed E-state index contributed by atoms with van der Waals surface area (Å²) in [6.07, 6.45) is -0.687. The number of benzene rings is 2. The minimum absolute atomic E-state index is 0. The second kappa shape index (κ2) is 8.32. The van der Waals surface area contributed by atoms with Crippen molar-refractivity contribution < 1.29 is 13.9 Å². The highest BCUT2D eigenvalue weighted by molar-refractivity contribution is 5.85. The van der Waals surface area contributed by atoms with E-state index < -0.39 is 6.10 Å². The van der Waals surface area contributed by atoms with Gasteiger partial charge in [0.25, 0.3) is 5.91 Å². The van der Waals surface area contributed by atoms with Crippen LogP contribution in [-0.4, -0.2) is 36.0 Å². The lowest BCUT2D eigenvalue weighted by molar-refractivity contribution is -0.136. The molecule has 0 aromatic heterocycles. The summed E-state index contributed by atoms with van der Waals surface area (Å²) in [6, 6.07) is 15.7. The molecule has 1 unspecified atom stereocenters. The van der Waals surface area contributed by atoms with Crippen LogP contribution in [0.1, 0.15) is 18.4 Å². The lowest BCUT2D eigenvalue weighted by Crippen LogP contribution is -2.40. The first-order valence-corrected chi connectivity index (χ1v) is 8.06. The summed E-state index contributed by atoms with van der Waals surface area (Å²) in [7, 11) is 0. The van der Waals surface area contributed by atoms with Gasteiger partial charge in [0.05, 0.1) is 0 Å². The molecule has 0 bridgehead atoms. The van der Waals surface area contributed by atoms with Gasteiger partial charge in [-0.3, -0.25) is 4.79 Å². The zero-order chi connectivity index (χ0) is 17.1. The van der Waals surface area contributed by atoms with E-state index in [1.807, 2.05) is 30.3 Å². The Morgan fingerprint density at radius 1 is 1.20 bits per heavy atom. The number of carbonyl (C=O) groups is 1. The van der Waals surface area contributed by atoms with Crippen LogP contribution in [0.4, 0.5) is 4.39 Å². The number of nitrogens with zero attached hydrogens (tertiary/aromatic N) is 1. The third kappa shape index (κ3) is 4.50. The highest BCUT2D eigenvalue weighted by Gasteiger charge is 2.35. The first-order valence-electron chi connectivity index (χ1n) is 8.06. The van der Waals surface area contributed by atoms with Crippen molar-refractivity contribution in [2.45, 2.75) is 25.0 Å². The van der Waals surface area contributed by atoms with Crippen LogP contribution in [0.2, 0.25) is 0 Å². The molecule has 1 aliphatic rings. The van der Waals surface area contributed by atoms with Gasteiger partial charge in [-0.05, 0) is 24.6 Å². The van der Waals surface area contributed by atoms with Crippen LogP contribution in [0.25, 0.3) is 0 Å². The topological polar surface area (TPSA) is 55.6 Å². The molecule has 6 heteroatoms. The third-order valence-corrected chi connectivity index (χ3v) is 4.36. The van der Waals surface area contributed by atoms with Gasteiger partial charge in [0.2, 0.25) is 0 Å². The lowest BCUT2D eigenvalue weighted by atomic mass is 9.95. The maximum atomic E-state index is 13.2. The van der Waals surface area contributed by atoms with Crippen molar-refractivity contribution in [1.29, 1.82) is 0 Å². The van der Waals surface area contributed by atoms with E-state index in [9.17, 15) is 9.18 Å². The largest absolute Gasteiger partial charge is 0.481 e. The van der Waals surface area contributed by atoms with Crippen molar-refractivity contribution >= 4 is 18.3 Å². The Labute approximate surface area is 153 Å². The highest BCUT2D eigenvalue weighted by atomic mass is 35.5. The standard InChI is InChI=1S/C19H21FN2O2.ClH/c1-13(24-16-9-5-8-15(20)10-16)19(23)22-11-17(18(21)12-22)14-6-3-2-4-7-14;/h2-10,13,17-18H,11-12,21H2,1H3;1H/t13?,17-,18+;/m0./s1. The van der Waals surface area contributed by atoms with Gasteiger partial charge < -0.3 is 15.4 Å². The molecule has 0 saturated carbocycles.